The molecular formula is C14H29NO3. The number of likely N-dealkylation sites (tertiary alicyclic amines) is 1. The van der Waals surface area contributed by atoms with E-state index in [0.717, 1.165) is 32.7 Å². The Morgan fingerprint density at radius 2 is 1.89 bits per heavy atom. The zero-order valence-electron chi connectivity index (χ0n) is 12.2. The fraction of sp³-hybridized carbons (Fsp3) is 1.00. The number of hydrogen-bond donors (Lipinski definition) is 0. The third kappa shape index (κ3) is 6.14. The zero-order chi connectivity index (χ0) is 13.2. The Hall–Kier alpha value is -0.160. The van der Waals surface area contributed by atoms with Crippen LogP contribution < -0.4 is 0 Å². The molecule has 18 heavy (non-hydrogen) atoms. The molecule has 1 rings (SSSR count). The highest BCUT2D eigenvalue weighted by Crippen LogP contribution is 2.14. The smallest absolute Gasteiger partial charge is 0.170 e. The van der Waals surface area contributed by atoms with Crippen LogP contribution in [0.5, 0.6) is 0 Å². The Morgan fingerprint density at radius 1 is 1.17 bits per heavy atom. The normalized spacial score (nSPS) is 21.7. The summed E-state index contributed by atoms with van der Waals surface area (Å²) in [4.78, 5) is 2.40. The lowest BCUT2D eigenvalue weighted by atomic mass is 10.1. The molecule has 1 fully saturated rings. The monoisotopic (exact) mass is 259 g/mol. The number of piperidine rings is 1. The summed E-state index contributed by atoms with van der Waals surface area (Å²) < 4.78 is 17.0. The van der Waals surface area contributed by atoms with Gasteiger partial charge in [0.25, 0.3) is 0 Å². The minimum Gasteiger partial charge on any atom is -0.377 e. The molecule has 4 heteroatoms. The van der Waals surface area contributed by atoms with Crippen LogP contribution >= 0.6 is 0 Å². The lowest BCUT2D eigenvalue weighted by Gasteiger charge is -2.34. The minimum atomic E-state index is -0.0927. The van der Waals surface area contributed by atoms with Crippen molar-refractivity contribution in [3.63, 3.8) is 0 Å². The quantitative estimate of drug-likeness (QED) is 0.594. The van der Waals surface area contributed by atoms with Crippen LogP contribution in [-0.2, 0) is 14.2 Å². The van der Waals surface area contributed by atoms with Gasteiger partial charge in [-0.15, -0.1) is 0 Å². The van der Waals surface area contributed by atoms with E-state index < -0.39 is 0 Å². The summed E-state index contributed by atoms with van der Waals surface area (Å²) in [6.45, 7) is 11.4. The van der Waals surface area contributed by atoms with Gasteiger partial charge in [0, 0.05) is 32.9 Å². The molecule has 0 spiro atoms. The van der Waals surface area contributed by atoms with Crippen molar-refractivity contribution in [3.8, 4) is 0 Å². The van der Waals surface area contributed by atoms with Crippen LogP contribution in [0, 0.1) is 0 Å². The van der Waals surface area contributed by atoms with E-state index in [0.29, 0.717) is 19.3 Å². The molecule has 0 aromatic rings. The third-order valence-corrected chi connectivity index (χ3v) is 3.13. The molecule has 1 aliphatic rings. The second-order valence-electron chi connectivity index (χ2n) is 4.73. The van der Waals surface area contributed by atoms with Crippen LogP contribution in [0.4, 0.5) is 0 Å². The Morgan fingerprint density at radius 3 is 2.50 bits per heavy atom. The molecule has 0 aromatic carbocycles. The van der Waals surface area contributed by atoms with E-state index in [1.807, 2.05) is 13.8 Å². The molecule has 0 aromatic heterocycles. The van der Waals surface area contributed by atoms with Gasteiger partial charge in [0.05, 0.1) is 6.10 Å². The first kappa shape index (κ1) is 15.9. The Labute approximate surface area is 112 Å². The molecule has 0 bridgehead atoms. The Kier molecular flexibility index (Phi) is 8.59. The highest BCUT2D eigenvalue weighted by atomic mass is 16.7. The second-order valence-corrected chi connectivity index (χ2v) is 4.73. The van der Waals surface area contributed by atoms with Gasteiger partial charge in [-0.1, -0.05) is 6.92 Å². The van der Waals surface area contributed by atoms with E-state index in [9.17, 15) is 0 Å². The molecule has 0 radical (unpaired) electrons. The molecule has 4 nitrogen and oxygen atoms in total. The van der Waals surface area contributed by atoms with Crippen molar-refractivity contribution >= 4 is 0 Å². The van der Waals surface area contributed by atoms with Crippen LogP contribution in [0.1, 0.15) is 40.0 Å². The van der Waals surface area contributed by atoms with Gasteiger partial charge in [-0.3, -0.25) is 4.90 Å². The lowest BCUT2D eigenvalue weighted by molar-refractivity contribution is -0.152. The van der Waals surface area contributed by atoms with E-state index in [1.54, 1.807) is 0 Å². The first-order chi connectivity index (χ1) is 8.80. The predicted octanol–water partition coefficient (Wildman–Crippen LogP) is 2.28. The maximum atomic E-state index is 5.84. The topological polar surface area (TPSA) is 30.9 Å². The van der Waals surface area contributed by atoms with Gasteiger partial charge < -0.3 is 14.2 Å². The number of ether oxygens (including phenoxy) is 3. The lowest BCUT2D eigenvalue weighted by Crippen LogP contribution is -2.44. The van der Waals surface area contributed by atoms with E-state index in [2.05, 4.69) is 11.8 Å². The predicted molar refractivity (Wildman–Crippen MR) is 72.7 cm³/mol. The fourth-order valence-corrected chi connectivity index (χ4v) is 2.34. The zero-order valence-corrected chi connectivity index (χ0v) is 12.2. The molecule has 1 unspecified atom stereocenters. The number of hydrogen-bond acceptors (Lipinski definition) is 4. The summed E-state index contributed by atoms with van der Waals surface area (Å²) in [5, 5.41) is 0. The van der Waals surface area contributed by atoms with Crippen molar-refractivity contribution in [2.75, 3.05) is 39.5 Å². The first-order valence-corrected chi connectivity index (χ1v) is 7.37. The minimum absolute atomic E-state index is 0.0927. The standard InChI is InChI=1S/C14H29NO3/c1-4-10-18-13-8-7-9-15(11-13)12-14(16-5-2)17-6-3/h13-14H,4-12H2,1-3H3. The summed E-state index contributed by atoms with van der Waals surface area (Å²) in [6, 6.07) is 0. The van der Waals surface area contributed by atoms with Gasteiger partial charge in [0.2, 0.25) is 0 Å². The second kappa shape index (κ2) is 9.73. The van der Waals surface area contributed by atoms with Gasteiger partial charge in [-0.25, -0.2) is 0 Å². The summed E-state index contributed by atoms with van der Waals surface area (Å²) in [5.41, 5.74) is 0. The van der Waals surface area contributed by atoms with Crippen molar-refractivity contribution in [3.05, 3.63) is 0 Å². The van der Waals surface area contributed by atoms with Gasteiger partial charge in [0.1, 0.15) is 0 Å². The number of rotatable bonds is 9. The van der Waals surface area contributed by atoms with Crippen molar-refractivity contribution in [2.45, 2.75) is 52.4 Å². The van der Waals surface area contributed by atoms with Gasteiger partial charge in [-0.2, -0.15) is 0 Å². The summed E-state index contributed by atoms with van der Waals surface area (Å²) in [7, 11) is 0. The molecular weight excluding hydrogens is 230 g/mol. The average molecular weight is 259 g/mol. The van der Waals surface area contributed by atoms with E-state index in [4.69, 9.17) is 14.2 Å². The molecule has 1 aliphatic heterocycles. The van der Waals surface area contributed by atoms with Crippen molar-refractivity contribution in [1.82, 2.24) is 4.90 Å². The summed E-state index contributed by atoms with van der Waals surface area (Å²) in [5.74, 6) is 0. The molecule has 0 aliphatic carbocycles. The maximum absolute atomic E-state index is 5.84. The van der Waals surface area contributed by atoms with Crippen LogP contribution in [0.15, 0.2) is 0 Å². The van der Waals surface area contributed by atoms with Crippen molar-refractivity contribution in [2.24, 2.45) is 0 Å². The van der Waals surface area contributed by atoms with Crippen molar-refractivity contribution in [1.29, 1.82) is 0 Å². The molecule has 0 N–H and O–H groups in total. The van der Waals surface area contributed by atoms with Crippen LogP contribution in [0.2, 0.25) is 0 Å². The molecule has 1 atom stereocenters. The van der Waals surface area contributed by atoms with Crippen LogP contribution in [-0.4, -0.2) is 56.7 Å². The number of nitrogens with zero attached hydrogens (tertiary/aromatic N) is 1. The van der Waals surface area contributed by atoms with Crippen LogP contribution in [0.25, 0.3) is 0 Å². The van der Waals surface area contributed by atoms with Crippen LogP contribution in [0.3, 0.4) is 0 Å². The SMILES string of the molecule is CCCOC1CCCN(CC(OCC)OCC)C1. The fourth-order valence-electron chi connectivity index (χ4n) is 2.34. The summed E-state index contributed by atoms with van der Waals surface area (Å²) in [6.07, 6.45) is 3.79. The van der Waals surface area contributed by atoms with Crippen molar-refractivity contribution < 1.29 is 14.2 Å². The molecule has 0 saturated carbocycles. The largest absolute Gasteiger partial charge is 0.377 e. The average Bonchev–Trinajstić information content (AvgIpc) is 2.37. The molecule has 0 amide bonds. The highest BCUT2D eigenvalue weighted by Gasteiger charge is 2.23. The molecule has 1 saturated heterocycles. The third-order valence-electron chi connectivity index (χ3n) is 3.13. The maximum Gasteiger partial charge on any atom is 0.170 e. The highest BCUT2D eigenvalue weighted by molar-refractivity contribution is 4.74. The Bertz CT molecular complexity index is 195. The summed E-state index contributed by atoms with van der Waals surface area (Å²) >= 11 is 0. The van der Waals surface area contributed by atoms with E-state index in [1.165, 1.54) is 12.8 Å². The van der Waals surface area contributed by atoms with E-state index in [-0.39, 0.29) is 6.29 Å². The van der Waals surface area contributed by atoms with Gasteiger partial charge >= 0.3 is 0 Å². The Balaban J connectivity index is 2.30. The first-order valence-electron chi connectivity index (χ1n) is 7.37. The van der Waals surface area contributed by atoms with Gasteiger partial charge in [-0.05, 0) is 39.7 Å². The van der Waals surface area contributed by atoms with E-state index >= 15 is 0 Å². The molecule has 108 valence electrons. The molecule has 1 heterocycles. The van der Waals surface area contributed by atoms with Gasteiger partial charge in [0.15, 0.2) is 6.29 Å².